The second-order valence-corrected chi connectivity index (χ2v) is 12.2. The van der Waals surface area contributed by atoms with Crippen molar-refractivity contribution in [3.63, 3.8) is 0 Å². The molecule has 3 aromatic rings. The second-order valence-electron chi connectivity index (χ2n) is 9.39. The van der Waals surface area contributed by atoms with Crippen LogP contribution in [0.25, 0.3) is 0 Å². The number of nitrogens with zero attached hydrogens (tertiary/aromatic N) is 2. The lowest BCUT2D eigenvalue weighted by Crippen LogP contribution is -2.54. The van der Waals surface area contributed by atoms with Gasteiger partial charge in [0.1, 0.15) is 18.4 Å². The monoisotopic (exact) mass is 617 g/mol. The van der Waals surface area contributed by atoms with E-state index in [1.807, 2.05) is 44.2 Å². The van der Waals surface area contributed by atoms with Gasteiger partial charge in [-0.05, 0) is 64.7 Å². The summed E-state index contributed by atoms with van der Waals surface area (Å²) in [6, 6.07) is 20.6. The van der Waals surface area contributed by atoms with Crippen molar-refractivity contribution in [2.45, 2.75) is 45.3 Å². The van der Waals surface area contributed by atoms with E-state index in [2.05, 4.69) is 21.2 Å². The van der Waals surface area contributed by atoms with E-state index in [1.165, 1.54) is 17.0 Å². The Labute approximate surface area is 238 Å². The van der Waals surface area contributed by atoms with Crippen LogP contribution in [-0.2, 0) is 32.6 Å². The molecule has 10 heteroatoms. The van der Waals surface area contributed by atoms with E-state index < -0.39 is 34.3 Å². The molecule has 0 aliphatic carbocycles. The predicted molar refractivity (Wildman–Crippen MR) is 155 cm³/mol. The summed E-state index contributed by atoms with van der Waals surface area (Å²) in [7, 11) is -3.87. The first-order chi connectivity index (χ1) is 18.5. The zero-order valence-electron chi connectivity index (χ0n) is 22.2. The molecule has 0 fully saturated rings. The van der Waals surface area contributed by atoms with Crippen molar-refractivity contribution in [1.29, 1.82) is 0 Å². The van der Waals surface area contributed by atoms with E-state index in [1.54, 1.807) is 36.4 Å². The molecule has 3 aromatic carbocycles. The highest BCUT2D eigenvalue weighted by molar-refractivity contribution is 9.10. The van der Waals surface area contributed by atoms with Crippen molar-refractivity contribution < 1.29 is 22.4 Å². The van der Waals surface area contributed by atoms with Crippen LogP contribution in [0.4, 0.5) is 10.1 Å². The number of hydrogen-bond donors (Lipinski definition) is 1. The highest BCUT2D eigenvalue weighted by Crippen LogP contribution is 2.28. The number of para-hydroxylation sites is 1. The molecule has 0 bridgehead atoms. The number of rotatable bonds is 12. The van der Waals surface area contributed by atoms with E-state index in [0.29, 0.717) is 22.1 Å². The summed E-state index contributed by atoms with van der Waals surface area (Å²) in [5, 5.41) is 2.97. The van der Waals surface area contributed by atoms with Crippen molar-refractivity contribution in [1.82, 2.24) is 10.2 Å². The first-order valence-electron chi connectivity index (χ1n) is 12.6. The van der Waals surface area contributed by atoms with Crippen LogP contribution in [0.5, 0.6) is 0 Å². The Bertz CT molecular complexity index is 1370. The summed E-state index contributed by atoms with van der Waals surface area (Å²) >= 11 is 3.38. The molecule has 208 valence electrons. The molecule has 0 aliphatic heterocycles. The number of benzene rings is 3. The van der Waals surface area contributed by atoms with E-state index in [4.69, 9.17) is 0 Å². The Morgan fingerprint density at radius 1 is 0.949 bits per heavy atom. The maximum atomic E-state index is 14.0. The summed E-state index contributed by atoms with van der Waals surface area (Å²) in [5.74, 6) is -1.35. The van der Waals surface area contributed by atoms with Gasteiger partial charge in [0, 0.05) is 23.5 Å². The highest BCUT2D eigenvalue weighted by Gasteiger charge is 2.33. The molecule has 3 rings (SSSR count). The maximum absolute atomic E-state index is 14.0. The van der Waals surface area contributed by atoms with Crippen LogP contribution in [0.1, 0.15) is 31.4 Å². The third kappa shape index (κ3) is 8.63. The Morgan fingerprint density at radius 3 is 2.15 bits per heavy atom. The maximum Gasteiger partial charge on any atom is 0.244 e. The zero-order valence-corrected chi connectivity index (χ0v) is 24.6. The fourth-order valence-electron chi connectivity index (χ4n) is 4.03. The van der Waals surface area contributed by atoms with Gasteiger partial charge < -0.3 is 10.2 Å². The topological polar surface area (TPSA) is 86.8 Å². The Morgan fingerprint density at radius 2 is 1.56 bits per heavy atom. The number of amides is 2. The van der Waals surface area contributed by atoms with Crippen LogP contribution >= 0.6 is 15.9 Å². The van der Waals surface area contributed by atoms with Crippen LogP contribution in [0.15, 0.2) is 83.3 Å². The SMILES string of the molecule is CC[C@H](C)NC(=O)[C@H](Cc1ccccc1)N(Cc1ccc(F)cc1)C(=O)CN(c1ccccc1Br)S(C)(=O)=O. The first-order valence-corrected chi connectivity index (χ1v) is 15.2. The number of anilines is 1. The van der Waals surface area contributed by atoms with Crippen molar-refractivity contribution in [2.24, 2.45) is 0 Å². The minimum Gasteiger partial charge on any atom is -0.352 e. The van der Waals surface area contributed by atoms with Crippen molar-refractivity contribution >= 4 is 43.5 Å². The number of hydrogen-bond acceptors (Lipinski definition) is 4. The normalized spacial score (nSPS) is 12.8. The van der Waals surface area contributed by atoms with Crippen LogP contribution < -0.4 is 9.62 Å². The van der Waals surface area contributed by atoms with Crippen molar-refractivity contribution in [3.8, 4) is 0 Å². The van der Waals surface area contributed by atoms with Crippen LogP contribution in [0, 0.1) is 5.82 Å². The second kappa shape index (κ2) is 13.7. The fourth-order valence-corrected chi connectivity index (χ4v) is 5.51. The van der Waals surface area contributed by atoms with Gasteiger partial charge in [-0.2, -0.15) is 0 Å². The van der Waals surface area contributed by atoms with Crippen LogP contribution in [-0.4, -0.2) is 50.0 Å². The van der Waals surface area contributed by atoms with E-state index >= 15 is 0 Å². The molecule has 2 amide bonds. The summed E-state index contributed by atoms with van der Waals surface area (Å²) < 4.78 is 40.8. The third-order valence-corrected chi connectivity index (χ3v) is 8.14. The van der Waals surface area contributed by atoms with Gasteiger partial charge in [-0.25, -0.2) is 12.8 Å². The van der Waals surface area contributed by atoms with Gasteiger partial charge in [-0.15, -0.1) is 0 Å². The Hall–Kier alpha value is -3.24. The molecule has 0 aliphatic rings. The zero-order chi connectivity index (χ0) is 28.6. The molecule has 0 aromatic heterocycles. The lowest BCUT2D eigenvalue weighted by Gasteiger charge is -2.34. The molecule has 0 spiro atoms. The van der Waals surface area contributed by atoms with Gasteiger partial charge in [0.05, 0.1) is 11.9 Å². The van der Waals surface area contributed by atoms with Gasteiger partial charge in [0.2, 0.25) is 21.8 Å². The summed E-state index contributed by atoms with van der Waals surface area (Å²) in [5.41, 5.74) is 1.74. The molecule has 2 atom stereocenters. The van der Waals surface area contributed by atoms with Gasteiger partial charge in [-0.3, -0.25) is 13.9 Å². The lowest BCUT2D eigenvalue weighted by molar-refractivity contribution is -0.140. The molecule has 7 nitrogen and oxygen atoms in total. The number of sulfonamides is 1. The molecular formula is C29H33BrFN3O4S. The molecule has 39 heavy (non-hydrogen) atoms. The molecular weight excluding hydrogens is 585 g/mol. The number of nitrogens with one attached hydrogen (secondary N) is 1. The first kappa shape index (κ1) is 30.3. The van der Waals surface area contributed by atoms with Gasteiger partial charge in [0.25, 0.3) is 0 Å². The Balaban J connectivity index is 2.06. The molecule has 0 radical (unpaired) electrons. The number of carbonyl (C=O) groups is 2. The average molecular weight is 619 g/mol. The van der Waals surface area contributed by atoms with Gasteiger partial charge in [-0.1, -0.05) is 61.5 Å². The fraction of sp³-hybridized carbons (Fsp3) is 0.310. The largest absolute Gasteiger partial charge is 0.352 e. The molecule has 0 saturated heterocycles. The van der Waals surface area contributed by atoms with Crippen LogP contribution in [0.3, 0.4) is 0 Å². The minimum absolute atomic E-state index is 0.0158. The van der Waals surface area contributed by atoms with E-state index in [0.717, 1.165) is 16.1 Å². The molecule has 1 N–H and O–H groups in total. The van der Waals surface area contributed by atoms with Crippen molar-refractivity contribution in [3.05, 3.63) is 100 Å². The quantitative estimate of drug-likeness (QED) is 0.313. The van der Waals surface area contributed by atoms with E-state index in [9.17, 15) is 22.4 Å². The summed E-state index contributed by atoms with van der Waals surface area (Å²) in [6.07, 6.45) is 1.94. The smallest absolute Gasteiger partial charge is 0.244 e. The van der Waals surface area contributed by atoms with Crippen molar-refractivity contribution in [2.75, 3.05) is 17.1 Å². The van der Waals surface area contributed by atoms with Crippen LogP contribution in [0.2, 0.25) is 0 Å². The third-order valence-electron chi connectivity index (χ3n) is 6.34. The lowest BCUT2D eigenvalue weighted by atomic mass is 10.0. The highest BCUT2D eigenvalue weighted by atomic mass is 79.9. The summed E-state index contributed by atoms with van der Waals surface area (Å²) in [6.45, 7) is 3.28. The number of carbonyl (C=O) groups excluding carboxylic acids is 2. The minimum atomic E-state index is -3.87. The molecule has 0 heterocycles. The number of halogens is 2. The summed E-state index contributed by atoms with van der Waals surface area (Å²) in [4.78, 5) is 29.0. The van der Waals surface area contributed by atoms with Gasteiger partial charge >= 0.3 is 0 Å². The Kier molecular flexibility index (Phi) is 10.7. The van der Waals surface area contributed by atoms with E-state index in [-0.39, 0.29) is 24.9 Å². The van der Waals surface area contributed by atoms with Gasteiger partial charge in [0.15, 0.2) is 0 Å². The standard InChI is InChI=1S/C29H33BrFN3O4S/c1-4-21(2)32-29(36)27(18-22-10-6-5-7-11-22)33(19-23-14-16-24(31)17-15-23)28(35)20-34(39(3,37)38)26-13-9-8-12-25(26)30/h5-17,21,27H,4,18-20H2,1-3H3,(H,32,36)/t21-,27-/m0/s1. The molecule has 0 saturated carbocycles. The average Bonchev–Trinajstić information content (AvgIpc) is 2.90. The molecule has 0 unspecified atom stereocenters. The predicted octanol–water partition coefficient (Wildman–Crippen LogP) is 4.91.